The van der Waals surface area contributed by atoms with Crippen molar-refractivity contribution in [1.82, 2.24) is 15.2 Å². The predicted molar refractivity (Wildman–Crippen MR) is 94.8 cm³/mol. The Bertz CT molecular complexity index is 700. The van der Waals surface area contributed by atoms with Crippen molar-refractivity contribution < 1.29 is 14.3 Å². The average Bonchev–Trinajstić information content (AvgIpc) is 2.65. The molecule has 1 aromatic carbocycles. The molecule has 0 aliphatic carbocycles. The second-order valence-electron chi connectivity index (χ2n) is 5.76. The van der Waals surface area contributed by atoms with Crippen molar-refractivity contribution in [3.63, 3.8) is 0 Å². The minimum absolute atomic E-state index is 0.212. The van der Waals surface area contributed by atoms with Gasteiger partial charge in [-0.25, -0.2) is 0 Å². The average molecular weight is 342 g/mol. The van der Waals surface area contributed by atoms with Crippen LogP contribution >= 0.6 is 0 Å². The number of morpholine rings is 1. The third-order valence-corrected chi connectivity index (χ3v) is 3.90. The van der Waals surface area contributed by atoms with Crippen molar-refractivity contribution >= 4 is 11.6 Å². The number of aromatic nitrogens is 1. The number of pyridine rings is 1. The highest BCUT2D eigenvalue weighted by Crippen LogP contribution is 2.22. The van der Waals surface area contributed by atoms with Crippen molar-refractivity contribution in [2.24, 2.45) is 0 Å². The van der Waals surface area contributed by atoms with Gasteiger partial charge in [0.1, 0.15) is 17.2 Å². The Hall–Kier alpha value is -2.64. The van der Waals surface area contributed by atoms with Crippen molar-refractivity contribution in [2.75, 3.05) is 45.1 Å². The number of rotatable bonds is 6. The van der Waals surface area contributed by atoms with Gasteiger partial charge in [-0.2, -0.15) is 0 Å². The molecule has 7 heteroatoms. The topological polar surface area (TPSA) is 89.7 Å². The molecule has 1 aliphatic rings. The molecule has 1 saturated heterocycles. The van der Waals surface area contributed by atoms with Crippen LogP contribution in [0, 0.1) is 0 Å². The fourth-order valence-electron chi connectivity index (χ4n) is 2.51. The molecule has 0 bridgehead atoms. The Labute approximate surface area is 146 Å². The Morgan fingerprint density at radius 3 is 2.72 bits per heavy atom. The van der Waals surface area contributed by atoms with Crippen molar-refractivity contribution in [1.29, 1.82) is 0 Å². The third kappa shape index (κ3) is 5.17. The summed E-state index contributed by atoms with van der Waals surface area (Å²) in [6.07, 6.45) is 1.56. The third-order valence-electron chi connectivity index (χ3n) is 3.90. The van der Waals surface area contributed by atoms with Gasteiger partial charge in [-0.15, -0.1) is 0 Å². The summed E-state index contributed by atoms with van der Waals surface area (Å²) >= 11 is 0. The van der Waals surface area contributed by atoms with E-state index in [9.17, 15) is 4.79 Å². The molecule has 0 saturated carbocycles. The Morgan fingerprint density at radius 1 is 1.20 bits per heavy atom. The van der Waals surface area contributed by atoms with E-state index in [1.54, 1.807) is 42.6 Å². The van der Waals surface area contributed by atoms with Crippen molar-refractivity contribution in [2.45, 2.75) is 0 Å². The molecule has 0 unspecified atom stereocenters. The van der Waals surface area contributed by atoms with Gasteiger partial charge in [0.15, 0.2) is 0 Å². The zero-order valence-electron chi connectivity index (χ0n) is 14.0. The van der Waals surface area contributed by atoms with E-state index in [-0.39, 0.29) is 5.91 Å². The molecule has 2 aromatic rings. The number of hydrogen-bond donors (Lipinski definition) is 2. The number of carbonyl (C=O) groups excluding carboxylic acids is 1. The molecule has 132 valence electrons. The zero-order valence-corrected chi connectivity index (χ0v) is 14.0. The molecule has 7 nitrogen and oxygen atoms in total. The fraction of sp³-hybridized carbons (Fsp3) is 0.333. The molecule has 1 amide bonds. The monoisotopic (exact) mass is 342 g/mol. The number of nitrogens with zero attached hydrogens (tertiary/aromatic N) is 2. The van der Waals surface area contributed by atoms with Crippen LogP contribution in [0.2, 0.25) is 0 Å². The number of anilines is 1. The van der Waals surface area contributed by atoms with Gasteiger partial charge < -0.3 is 20.5 Å². The number of nitrogen functional groups attached to an aromatic ring is 1. The fourth-order valence-corrected chi connectivity index (χ4v) is 2.51. The summed E-state index contributed by atoms with van der Waals surface area (Å²) < 4.78 is 11.0. The van der Waals surface area contributed by atoms with E-state index in [0.717, 1.165) is 32.8 Å². The predicted octanol–water partition coefficient (Wildman–Crippen LogP) is 1.52. The molecule has 1 aromatic heterocycles. The minimum atomic E-state index is -0.212. The molecule has 3 N–H and O–H groups in total. The lowest BCUT2D eigenvalue weighted by Gasteiger charge is -2.26. The van der Waals surface area contributed by atoms with E-state index in [2.05, 4.69) is 15.2 Å². The first kappa shape index (κ1) is 17.2. The molecule has 0 atom stereocenters. The minimum Gasteiger partial charge on any atom is -0.457 e. The number of carbonyl (C=O) groups is 1. The van der Waals surface area contributed by atoms with Crippen LogP contribution in [0.5, 0.6) is 11.5 Å². The van der Waals surface area contributed by atoms with Gasteiger partial charge in [0.2, 0.25) is 0 Å². The summed E-state index contributed by atoms with van der Waals surface area (Å²) in [5.74, 6) is 0.994. The van der Waals surface area contributed by atoms with Gasteiger partial charge in [-0.05, 0) is 30.3 Å². The van der Waals surface area contributed by atoms with E-state index in [4.69, 9.17) is 15.2 Å². The Kier molecular flexibility index (Phi) is 5.81. The maximum absolute atomic E-state index is 12.2. The lowest BCUT2D eigenvalue weighted by atomic mass is 10.3. The number of nitrogens with two attached hydrogens (primary N) is 1. The summed E-state index contributed by atoms with van der Waals surface area (Å²) in [7, 11) is 0. The zero-order chi connectivity index (χ0) is 17.5. The quantitative estimate of drug-likeness (QED) is 0.774. The molecular weight excluding hydrogens is 320 g/mol. The number of amides is 1. The highest BCUT2D eigenvalue weighted by atomic mass is 16.5. The highest BCUT2D eigenvalue weighted by molar-refractivity contribution is 5.92. The van der Waals surface area contributed by atoms with Gasteiger partial charge in [0.05, 0.1) is 13.2 Å². The summed E-state index contributed by atoms with van der Waals surface area (Å²) in [6.45, 7) is 4.68. The van der Waals surface area contributed by atoms with Crippen LogP contribution in [-0.2, 0) is 4.74 Å². The van der Waals surface area contributed by atoms with Crippen LogP contribution < -0.4 is 15.8 Å². The van der Waals surface area contributed by atoms with Crippen LogP contribution in [0.15, 0.2) is 42.6 Å². The van der Waals surface area contributed by atoms with Gasteiger partial charge >= 0.3 is 0 Å². The number of hydrogen-bond acceptors (Lipinski definition) is 6. The maximum Gasteiger partial charge on any atom is 0.270 e. The van der Waals surface area contributed by atoms with Crippen molar-refractivity contribution in [3.05, 3.63) is 48.3 Å². The van der Waals surface area contributed by atoms with E-state index >= 15 is 0 Å². The standard InChI is InChI=1S/C18H22N4O3/c19-14-1-3-15(4-2-14)25-16-5-6-20-17(13-16)18(23)21-7-8-22-9-11-24-12-10-22/h1-6,13H,7-12,19H2,(H,21,23). The SMILES string of the molecule is Nc1ccc(Oc2ccnc(C(=O)NCCN3CCOCC3)c2)cc1. The second kappa shape index (κ2) is 8.46. The Balaban J connectivity index is 1.52. The lowest BCUT2D eigenvalue weighted by molar-refractivity contribution is 0.0383. The molecule has 1 aliphatic heterocycles. The molecule has 1 fully saturated rings. The largest absolute Gasteiger partial charge is 0.457 e. The molecule has 0 radical (unpaired) electrons. The summed E-state index contributed by atoms with van der Waals surface area (Å²) in [5.41, 5.74) is 6.65. The van der Waals surface area contributed by atoms with E-state index in [1.165, 1.54) is 0 Å². The van der Waals surface area contributed by atoms with Crippen LogP contribution in [0.3, 0.4) is 0 Å². The normalized spacial score (nSPS) is 14.9. The maximum atomic E-state index is 12.2. The first-order valence-corrected chi connectivity index (χ1v) is 8.28. The second-order valence-corrected chi connectivity index (χ2v) is 5.76. The lowest BCUT2D eigenvalue weighted by Crippen LogP contribution is -2.41. The molecule has 25 heavy (non-hydrogen) atoms. The van der Waals surface area contributed by atoms with Crippen LogP contribution in [-0.4, -0.2) is 55.2 Å². The van der Waals surface area contributed by atoms with Gasteiger partial charge in [-0.3, -0.25) is 14.7 Å². The van der Waals surface area contributed by atoms with Gasteiger partial charge in [0, 0.05) is 44.1 Å². The summed E-state index contributed by atoms with van der Waals surface area (Å²) in [6, 6.07) is 10.4. The van der Waals surface area contributed by atoms with E-state index in [1.807, 2.05) is 0 Å². The molecular formula is C18H22N4O3. The van der Waals surface area contributed by atoms with Gasteiger partial charge in [0.25, 0.3) is 5.91 Å². The number of benzene rings is 1. The van der Waals surface area contributed by atoms with Crippen LogP contribution in [0.1, 0.15) is 10.5 Å². The van der Waals surface area contributed by atoms with Gasteiger partial charge in [-0.1, -0.05) is 0 Å². The van der Waals surface area contributed by atoms with E-state index in [0.29, 0.717) is 29.4 Å². The Morgan fingerprint density at radius 2 is 1.96 bits per heavy atom. The van der Waals surface area contributed by atoms with Crippen molar-refractivity contribution in [3.8, 4) is 11.5 Å². The summed E-state index contributed by atoms with van der Waals surface area (Å²) in [4.78, 5) is 18.6. The summed E-state index contributed by atoms with van der Waals surface area (Å²) in [5, 5.41) is 2.89. The number of nitrogens with one attached hydrogen (secondary N) is 1. The molecule has 2 heterocycles. The van der Waals surface area contributed by atoms with Crippen LogP contribution in [0.25, 0.3) is 0 Å². The first-order chi connectivity index (χ1) is 12.2. The molecule has 0 spiro atoms. The highest BCUT2D eigenvalue weighted by Gasteiger charge is 2.12. The smallest absolute Gasteiger partial charge is 0.270 e. The first-order valence-electron chi connectivity index (χ1n) is 8.28. The molecule has 3 rings (SSSR count). The van der Waals surface area contributed by atoms with E-state index < -0.39 is 0 Å². The van der Waals surface area contributed by atoms with Crippen LogP contribution in [0.4, 0.5) is 5.69 Å². The number of ether oxygens (including phenoxy) is 2.